The first-order chi connectivity index (χ1) is 9.84. The van der Waals surface area contributed by atoms with Crippen molar-refractivity contribution in [3.8, 4) is 0 Å². The van der Waals surface area contributed by atoms with Crippen molar-refractivity contribution in [2.45, 2.75) is 13.0 Å². The lowest BCUT2D eigenvalue weighted by Gasteiger charge is -2.05. The van der Waals surface area contributed by atoms with Gasteiger partial charge in [-0.05, 0) is 17.7 Å². The van der Waals surface area contributed by atoms with Crippen molar-refractivity contribution in [2.75, 3.05) is 6.54 Å². The van der Waals surface area contributed by atoms with E-state index in [2.05, 4.69) is 64.4 Å². The summed E-state index contributed by atoms with van der Waals surface area (Å²) < 4.78 is 2.18. The summed E-state index contributed by atoms with van der Waals surface area (Å²) in [6, 6.07) is 18.7. The fourth-order valence-corrected chi connectivity index (χ4v) is 2.45. The van der Waals surface area contributed by atoms with Crippen molar-refractivity contribution in [2.24, 2.45) is 7.05 Å². The normalized spacial score (nSPS) is 11.1. The van der Waals surface area contributed by atoms with Gasteiger partial charge in [0.2, 0.25) is 0 Å². The van der Waals surface area contributed by atoms with Gasteiger partial charge in [0.05, 0.1) is 11.0 Å². The van der Waals surface area contributed by atoms with E-state index in [1.165, 1.54) is 11.1 Å². The molecule has 0 saturated heterocycles. The molecule has 3 nitrogen and oxygen atoms in total. The molecule has 0 aliphatic rings. The van der Waals surface area contributed by atoms with Gasteiger partial charge in [-0.3, -0.25) is 0 Å². The fraction of sp³-hybridized carbons (Fsp3) is 0.235. The zero-order chi connectivity index (χ0) is 13.8. The van der Waals surface area contributed by atoms with E-state index in [1.54, 1.807) is 0 Å². The van der Waals surface area contributed by atoms with Gasteiger partial charge >= 0.3 is 0 Å². The van der Waals surface area contributed by atoms with Crippen molar-refractivity contribution in [3.05, 3.63) is 66.0 Å². The van der Waals surface area contributed by atoms with Crippen LogP contribution in [-0.4, -0.2) is 16.1 Å². The number of nitrogens with one attached hydrogen (secondary N) is 1. The molecule has 3 heteroatoms. The maximum atomic E-state index is 4.68. The molecule has 0 unspecified atom stereocenters. The number of hydrogen-bond acceptors (Lipinski definition) is 2. The number of nitrogens with zero attached hydrogens (tertiary/aromatic N) is 2. The van der Waals surface area contributed by atoms with Crippen LogP contribution in [0.25, 0.3) is 11.0 Å². The summed E-state index contributed by atoms with van der Waals surface area (Å²) in [5.74, 6) is 1.13. The second-order valence-electron chi connectivity index (χ2n) is 4.99. The highest BCUT2D eigenvalue weighted by Crippen LogP contribution is 2.14. The van der Waals surface area contributed by atoms with Crippen LogP contribution in [0.5, 0.6) is 0 Å². The summed E-state index contributed by atoms with van der Waals surface area (Å²) in [6.45, 7) is 1.84. The minimum absolute atomic E-state index is 0.908. The summed E-state index contributed by atoms with van der Waals surface area (Å²) in [6.07, 6.45) is 0.942. The molecule has 20 heavy (non-hydrogen) atoms. The topological polar surface area (TPSA) is 29.9 Å². The Morgan fingerprint density at radius 2 is 1.75 bits per heavy atom. The smallest absolute Gasteiger partial charge is 0.110 e. The summed E-state index contributed by atoms with van der Waals surface area (Å²) >= 11 is 0. The molecule has 0 aliphatic carbocycles. The molecule has 3 aromatic rings. The van der Waals surface area contributed by atoms with Crippen LogP contribution in [0.1, 0.15) is 11.4 Å². The maximum absolute atomic E-state index is 4.68. The van der Waals surface area contributed by atoms with E-state index in [0.717, 1.165) is 30.9 Å². The Bertz CT molecular complexity index is 686. The molecular formula is C17H19N3. The van der Waals surface area contributed by atoms with Crippen LogP contribution in [0, 0.1) is 0 Å². The standard InChI is InChI=1S/C17H19N3/c1-20-16-10-6-5-9-15(16)19-17(20)11-12-18-13-14-7-3-2-4-8-14/h2-10,18H,11-13H2,1H3. The Morgan fingerprint density at radius 3 is 2.55 bits per heavy atom. The molecule has 0 bridgehead atoms. The average molecular weight is 265 g/mol. The summed E-state index contributed by atoms with van der Waals surface area (Å²) in [5.41, 5.74) is 3.59. The lowest BCUT2D eigenvalue weighted by atomic mass is 10.2. The van der Waals surface area contributed by atoms with E-state index in [4.69, 9.17) is 0 Å². The summed E-state index contributed by atoms with van der Waals surface area (Å²) in [5, 5.41) is 3.47. The van der Waals surface area contributed by atoms with Crippen LogP contribution < -0.4 is 5.32 Å². The molecule has 0 fully saturated rings. The second kappa shape index (κ2) is 5.88. The molecule has 1 aromatic heterocycles. The molecule has 0 radical (unpaired) electrons. The lowest BCUT2D eigenvalue weighted by Crippen LogP contribution is -2.18. The largest absolute Gasteiger partial charge is 0.331 e. The highest BCUT2D eigenvalue weighted by atomic mass is 15.1. The van der Waals surface area contributed by atoms with Gasteiger partial charge in [0.25, 0.3) is 0 Å². The van der Waals surface area contributed by atoms with Gasteiger partial charge in [0, 0.05) is 26.6 Å². The van der Waals surface area contributed by atoms with E-state index in [0.29, 0.717) is 0 Å². The number of para-hydroxylation sites is 2. The van der Waals surface area contributed by atoms with Crippen LogP contribution >= 0.6 is 0 Å². The predicted octanol–water partition coefficient (Wildman–Crippen LogP) is 2.91. The summed E-state index contributed by atoms with van der Waals surface area (Å²) in [4.78, 5) is 4.68. The molecule has 0 atom stereocenters. The SMILES string of the molecule is Cn1c(CCNCc2ccccc2)nc2ccccc21. The third-order valence-corrected chi connectivity index (χ3v) is 3.58. The molecule has 1 N–H and O–H groups in total. The van der Waals surface area contributed by atoms with Gasteiger partial charge in [0.1, 0.15) is 5.82 Å². The van der Waals surface area contributed by atoms with E-state index < -0.39 is 0 Å². The fourth-order valence-electron chi connectivity index (χ4n) is 2.45. The van der Waals surface area contributed by atoms with Gasteiger partial charge in [0.15, 0.2) is 0 Å². The number of fused-ring (bicyclic) bond motifs is 1. The van der Waals surface area contributed by atoms with E-state index in [-0.39, 0.29) is 0 Å². The molecule has 0 saturated carbocycles. The van der Waals surface area contributed by atoms with Crippen LogP contribution in [0.15, 0.2) is 54.6 Å². The minimum Gasteiger partial charge on any atom is -0.331 e. The number of benzene rings is 2. The number of hydrogen-bond donors (Lipinski definition) is 1. The number of rotatable bonds is 5. The van der Waals surface area contributed by atoms with Crippen LogP contribution in [0.3, 0.4) is 0 Å². The van der Waals surface area contributed by atoms with Crippen LogP contribution in [0.4, 0.5) is 0 Å². The first-order valence-electron chi connectivity index (χ1n) is 6.99. The lowest BCUT2D eigenvalue weighted by molar-refractivity contribution is 0.658. The first kappa shape index (κ1) is 12.9. The highest BCUT2D eigenvalue weighted by Gasteiger charge is 2.06. The van der Waals surface area contributed by atoms with Gasteiger partial charge in [-0.15, -0.1) is 0 Å². The number of aryl methyl sites for hydroxylation is 1. The Kier molecular flexibility index (Phi) is 3.79. The first-order valence-corrected chi connectivity index (χ1v) is 6.99. The van der Waals surface area contributed by atoms with Crippen molar-refractivity contribution < 1.29 is 0 Å². The van der Waals surface area contributed by atoms with E-state index in [1.807, 2.05) is 12.1 Å². The second-order valence-corrected chi connectivity index (χ2v) is 4.99. The molecule has 2 aromatic carbocycles. The van der Waals surface area contributed by atoms with Crippen molar-refractivity contribution in [1.82, 2.24) is 14.9 Å². The molecular weight excluding hydrogens is 246 g/mol. The third kappa shape index (κ3) is 2.73. The molecule has 3 rings (SSSR count). The quantitative estimate of drug-likeness (QED) is 0.719. The van der Waals surface area contributed by atoms with Crippen molar-refractivity contribution in [1.29, 1.82) is 0 Å². The summed E-state index contributed by atoms with van der Waals surface area (Å²) in [7, 11) is 2.09. The van der Waals surface area contributed by atoms with Gasteiger partial charge in [-0.25, -0.2) is 4.98 Å². The van der Waals surface area contributed by atoms with Crippen molar-refractivity contribution in [3.63, 3.8) is 0 Å². The van der Waals surface area contributed by atoms with E-state index in [9.17, 15) is 0 Å². The molecule has 0 amide bonds. The highest BCUT2D eigenvalue weighted by molar-refractivity contribution is 5.75. The van der Waals surface area contributed by atoms with Gasteiger partial charge in [-0.2, -0.15) is 0 Å². The number of aromatic nitrogens is 2. The zero-order valence-corrected chi connectivity index (χ0v) is 11.7. The molecule has 1 heterocycles. The Hall–Kier alpha value is -2.13. The molecule has 102 valence electrons. The Balaban J connectivity index is 1.59. The monoisotopic (exact) mass is 265 g/mol. The van der Waals surface area contributed by atoms with Crippen LogP contribution in [-0.2, 0) is 20.0 Å². The van der Waals surface area contributed by atoms with Gasteiger partial charge in [-0.1, -0.05) is 42.5 Å². The predicted molar refractivity (Wildman–Crippen MR) is 82.6 cm³/mol. The van der Waals surface area contributed by atoms with E-state index >= 15 is 0 Å². The average Bonchev–Trinajstić information content (AvgIpc) is 2.82. The third-order valence-electron chi connectivity index (χ3n) is 3.58. The van der Waals surface area contributed by atoms with Gasteiger partial charge < -0.3 is 9.88 Å². The minimum atomic E-state index is 0.908. The molecule has 0 aliphatic heterocycles. The van der Waals surface area contributed by atoms with Crippen LogP contribution in [0.2, 0.25) is 0 Å². The maximum Gasteiger partial charge on any atom is 0.110 e. The number of imidazole rings is 1. The molecule has 0 spiro atoms. The zero-order valence-electron chi connectivity index (χ0n) is 11.7. The Labute approximate surface area is 119 Å². The Morgan fingerprint density at radius 1 is 1.00 bits per heavy atom. The van der Waals surface area contributed by atoms with Crippen molar-refractivity contribution >= 4 is 11.0 Å².